The number of benzene rings is 1. The first kappa shape index (κ1) is 18.3. The van der Waals surface area contributed by atoms with Crippen molar-refractivity contribution in [2.75, 3.05) is 38.7 Å². The van der Waals surface area contributed by atoms with Gasteiger partial charge in [-0.25, -0.2) is 0 Å². The molecule has 2 heterocycles. The average Bonchev–Trinajstić information content (AvgIpc) is 3.10. The van der Waals surface area contributed by atoms with Crippen molar-refractivity contribution in [1.29, 1.82) is 0 Å². The lowest BCUT2D eigenvalue weighted by Gasteiger charge is -2.18. The third kappa shape index (κ3) is 4.76. The molecule has 7 nitrogen and oxygen atoms in total. The van der Waals surface area contributed by atoms with Crippen molar-refractivity contribution in [2.45, 2.75) is 12.5 Å². The van der Waals surface area contributed by atoms with E-state index in [1.54, 1.807) is 41.6 Å². The molecular formula is C18H21ClN4O3. The molecular weight excluding hydrogens is 356 g/mol. The van der Waals surface area contributed by atoms with Crippen molar-refractivity contribution in [3.63, 3.8) is 0 Å². The Morgan fingerprint density at radius 2 is 2.08 bits per heavy atom. The first-order chi connectivity index (χ1) is 12.5. The van der Waals surface area contributed by atoms with Crippen LogP contribution in [-0.2, 0) is 4.79 Å². The summed E-state index contributed by atoms with van der Waals surface area (Å²) in [7, 11) is 3.79. The van der Waals surface area contributed by atoms with Gasteiger partial charge in [0.2, 0.25) is 5.88 Å². The second-order valence-electron chi connectivity index (χ2n) is 6.22. The minimum atomic E-state index is -0.0961. The number of rotatable bonds is 6. The average molecular weight is 377 g/mol. The van der Waals surface area contributed by atoms with Crippen LogP contribution in [0.15, 0.2) is 36.7 Å². The molecule has 1 unspecified atom stereocenters. The lowest BCUT2D eigenvalue weighted by molar-refractivity contribution is -0.132. The van der Waals surface area contributed by atoms with Gasteiger partial charge in [0.25, 0.3) is 5.91 Å². The number of halogens is 1. The van der Waals surface area contributed by atoms with Crippen LogP contribution >= 0.6 is 11.6 Å². The summed E-state index contributed by atoms with van der Waals surface area (Å²) in [4.78, 5) is 24.4. The predicted molar refractivity (Wildman–Crippen MR) is 98.9 cm³/mol. The third-order valence-corrected chi connectivity index (χ3v) is 4.27. The van der Waals surface area contributed by atoms with Gasteiger partial charge in [0, 0.05) is 32.1 Å². The van der Waals surface area contributed by atoms with Gasteiger partial charge < -0.3 is 19.3 Å². The molecule has 1 atom stereocenters. The van der Waals surface area contributed by atoms with Crippen LogP contribution in [0.2, 0.25) is 5.02 Å². The van der Waals surface area contributed by atoms with Crippen LogP contribution < -0.4 is 14.4 Å². The number of likely N-dealkylation sites (tertiary alicyclic amines) is 1. The molecule has 138 valence electrons. The summed E-state index contributed by atoms with van der Waals surface area (Å²) in [6, 6.07) is 6.93. The summed E-state index contributed by atoms with van der Waals surface area (Å²) in [6.45, 7) is 1.13. The summed E-state index contributed by atoms with van der Waals surface area (Å²) in [5.74, 6) is 1.74. The fraction of sp³-hybridized carbons (Fsp3) is 0.389. The molecule has 1 aliphatic rings. The zero-order chi connectivity index (χ0) is 18.5. The van der Waals surface area contributed by atoms with E-state index in [0.29, 0.717) is 29.7 Å². The lowest BCUT2D eigenvalue weighted by Crippen LogP contribution is -2.34. The number of hydrogen-bond acceptors (Lipinski definition) is 6. The molecule has 26 heavy (non-hydrogen) atoms. The second-order valence-corrected chi connectivity index (χ2v) is 6.66. The van der Waals surface area contributed by atoms with Crippen LogP contribution in [0.5, 0.6) is 11.6 Å². The number of anilines is 1. The Kier molecular flexibility index (Phi) is 5.78. The summed E-state index contributed by atoms with van der Waals surface area (Å²) in [5.41, 5.74) is 0. The molecule has 1 amide bonds. The highest BCUT2D eigenvalue weighted by molar-refractivity contribution is 6.30. The molecule has 1 aromatic carbocycles. The maximum Gasteiger partial charge on any atom is 0.260 e. The number of nitrogens with zero attached hydrogens (tertiary/aromatic N) is 4. The molecule has 1 aromatic heterocycles. The summed E-state index contributed by atoms with van der Waals surface area (Å²) >= 11 is 5.83. The molecule has 8 heteroatoms. The smallest absolute Gasteiger partial charge is 0.260 e. The van der Waals surface area contributed by atoms with Gasteiger partial charge in [0.05, 0.1) is 18.9 Å². The van der Waals surface area contributed by atoms with E-state index in [4.69, 9.17) is 21.1 Å². The topological polar surface area (TPSA) is 67.8 Å². The maximum absolute atomic E-state index is 12.3. The van der Waals surface area contributed by atoms with Crippen LogP contribution in [-0.4, -0.2) is 60.7 Å². The van der Waals surface area contributed by atoms with Gasteiger partial charge in [-0.2, -0.15) is 4.98 Å². The van der Waals surface area contributed by atoms with E-state index in [-0.39, 0.29) is 18.6 Å². The Morgan fingerprint density at radius 1 is 1.31 bits per heavy atom. The van der Waals surface area contributed by atoms with E-state index in [1.165, 1.54) is 0 Å². The molecule has 0 N–H and O–H groups in total. The second kappa shape index (κ2) is 8.23. The highest BCUT2D eigenvalue weighted by Crippen LogP contribution is 2.19. The monoisotopic (exact) mass is 376 g/mol. The van der Waals surface area contributed by atoms with Crippen LogP contribution in [0.4, 0.5) is 5.82 Å². The maximum atomic E-state index is 12.3. The van der Waals surface area contributed by atoms with E-state index in [9.17, 15) is 4.79 Å². The Hall–Kier alpha value is -2.54. The van der Waals surface area contributed by atoms with E-state index in [1.807, 2.05) is 19.0 Å². The SMILES string of the molecule is CN(C)c1cncc(OC2CCN(C(=O)COc3ccc(Cl)cc3)C2)n1. The summed E-state index contributed by atoms with van der Waals surface area (Å²) in [5, 5.41) is 0.629. The van der Waals surface area contributed by atoms with Gasteiger partial charge in [-0.1, -0.05) is 11.6 Å². The Balaban J connectivity index is 1.49. The Labute approximate surface area is 157 Å². The normalized spacial score (nSPS) is 16.4. The van der Waals surface area contributed by atoms with Crippen molar-refractivity contribution >= 4 is 23.3 Å². The van der Waals surface area contributed by atoms with Crippen molar-refractivity contribution < 1.29 is 14.3 Å². The van der Waals surface area contributed by atoms with Crippen LogP contribution in [0.3, 0.4) is 0 Å². The standard InChI is InChI=1S/C18H21ClN4O3/c1-22(2)16-9-20-10-17(21-16)26-15-7-8-23(11-15)18(24)12-25-14-5-3-13(19)4-6-14/h3-6,9-10,15H,7-8,11-12H2,1-2H3. The number of hydrogen-bond donors (Lipinski definition) is 0. The van der Waals surface area contributed by atoms with Gasteiger partial charge in [0.1, 0.15) is 11.9 Å². The minimum Gasteiger partial charge on any atom is -0.484 e. The predicted octanol–water partition coefficient (Wildman–Crippen LogP) is 2.25. The van der Waals surface area contributed by atoms with Gasteiger partial charge in [-0.3, -0.25) is 9.78 Å². The molecule has 1 fully saturated rings. The number of ether oxygens (including phenoxy) is 2. The fourth-order valence-corrected chi connectivity index (χ4v) is 2.73. The Bertz CT molecular complexity index is 754. The van der Waals surface area contributed by atoms with E-state index in [2.05, 4.69) is 9.97 Å². The van der Waals surface area contributed by atoms with Crippen molar-refractivity contribution in [3.8, 4) is 11.6 Å². The van der Waals surface area contributed by atoms with Crippen molar-refractivity contribution in [2.24, 2.45) is 0 Å². The molecule has 2 aromatic rings. The quantitative estimate of drug-likeness (QED) is 0.770. The first-order valence-electron chi connectivity index (χ1n) is 8.33. The minimum absolute atomic E-state index is 0.00965. The molecule has 0 saturated carbocycles. The third-order valence-electron chi connectivity index (χ3n) is 4.02. The summed E-state index contributed by atoms with van der Waals surface area (Å²) < 4.78 is 11.4. The zero-order valence-electron chi connectivity index (χ0n) is 14.8. The first-order valence-corrected chi connectivity index (χ1v) is 8.71. The fourth-order valence-electron chi connectivity index (χ4n) is 2.60. The Morgan fingerprint density at radius 3 is 2.81 bits per heavy atom. The van der Waals surface area contributed by atoms with Crippen LogP contribution in [0, 0.1) is 0 Å². The van der Waals surface area contributed by atoms with Gasteiger partial charge in [0.15, 0.2) is 12.4 Å². The molecule has 1 saturated heterocycles. The molecule has 0 radical (unpaired) electrons. The zero-order valence-corrected chi connectivity index (χ0v) is 15.5. The lowest BCUT2D eigenvalue weighted by atomic mass is 10.3. The molecule has 0 spiro atoms. The molecule has 0 bridgehead atoms. The van der Waals surface area contributed by atoms with E-state index in [0.717, 1.165) is 12.2 Å². The number of carbonyl (C=O) groups excluding carboxylic acids is 1. The summed E-state index contributed by atoms with van der Waals surface area (Å²) in [6.07, 6.45) is 3.91. The van der Waals surface area contributed by atoms with Gasteiger partial charge in [-0.15, -0.1) is 0 Å². The number of carbonyl (C=O) groups is 1. The van der Waals surface area contributed by atoms with E-state index >= 15 is 0 Å². The van der Waals surface area contributed by atoms with Gasteiger partial charge in [-0.05, 0) is 24.3 Å². The number of aromatic nitrogens is 2. The molecule has 0 aliphatic carbocycles. The largest absolute Gasteiger partial charge is 0.484 e. The molecule has 3 rings (SSSR count). The highest BCUT2D eigenvalue weighted by atomic mass is 35.5. The van der Waals surface area contributed by atoms with Crippen LogP contribution in [0.1, 0.15) is 6.42 Å². The van der Waals surface area contributed by atoms with Crippen molar-refractivity contribution in [3.05, 3.63) is 41.7 Å². The van der Waals surface area contributed by atoms with Gasteiger partial charge >= 0.3 is 0 Å². The van der Waals surface area contributed by atoms with E-state index < -0.39 is 0 Å². The molecule has 1 aliphatic heterocycles. The van der Waals surface area contributed by atoms with Crippen LogP contribution in [0.25, 0.3) is 0 Å². The van der Waals surface area contributed by atoms with Crippen molar-refractivity contribution in [1.82, 2.24) is 14.9 Å². The number of amides is 1. The highest BCUT2D eigenvalue weighted by Gasteiger charge is 2.28.